The Morgan fingerprint density at radius 2 is 1.09 bits per heavy atom. The molecule has 0 saturated carbocycles. The lowest BCUT2D eigenvalue weighted by atomic mass is 9.91. The molecule has 0 fully saturated rings. The number of rotatable bonds is 6. The zero-order chi connectivity index (χ0) is 31.1. The second kappa shape index (κ2) is 11.7. The van der Waals surface area contributed by atoms with E-state index in [1.807, 2.05) is 85.8 Å². The van der Waals surface area contributed by atoms with Crippen molar-refractivity contribution in [3.8, 4) is 11.3 Å². The van der Waals surface area contributed by atoms with Gasteiger partial charge >= 0.3 is 7.40 Å². The molecular weight excluding hydrogens is 557 g/mol. The second-order valence-corrected chi connectivity index (χ2v) is 11.6. The van der Waals surface area contributed by atoms with Gasteiger partial charge in [-0.2, -0.15) is 0 Å². The summed E-state index contributed by atoms with van der Waals surface area (Å²) in [6, 6.07) is 41.9. The molecule has 5 aromatic carbocycles. The molecule has 5 heteroatoms. The van der Waals surface area contributed by atoms with E-state index in [-0.39, 0.29) is 0 Å². The quantitative estimate of drug-likeness (QED) is 0.172. The van der Waals surface area contributed by atoms with Crippen LogP contribution >= 0.6 is 0 Å². The van der Waals surface area contributed by atoms with E-state index < -0.39 is 7.40 Å². The fourth-order valence-electron chi connectivity index (χ4n) is 6.15. The molecule has 0 aliphatic carbocycles. The average Bonchev–Trinajstić information content (AvgIpc) is 3.64. The van der Waals surface area contributed by atoms with Gasteiger partial charge in [-0.3, -0.25) is 8.63 Å². The summed E-state index contributed by atoms with van der Waals surface area (Å²) in [5.74, 6) is 0. The molecule has 1 aliphatic heterocycles. The summed E-state index contributed by atoms with van der Waals surface area (Å²) in [5, 5.41) is 1.52. The molecule has 6 aromatic rings. The van der Waals surface area contributed by atoms with Gasteiger partial charge in [-0.1, -0.05) is 144 Å². The molecule has 0 spiro atoms. The molecule has 0 N–H and O–H groups in total. The number of allylic oxidation sites excluding steroid dienone is 2. The molecule has 1 aromatic heterocycles. The Kier molecular flexibility index (Phi) is 7.38. The zero-order valence-corrected chi connectivity index (χ0v) is 25.4. The summed E-state index contributed by atoms with van der Waals surface area (Å²) >= 11 is 0. The van der Waals surface area contributed by atoms with Crippen LogP contribution in [0.5, 0.6) is 0 Å². The molecule has 7 rings (SSSR count). The van der Waals surface area contributed by atoms with Crippen LogP contribution in [0.3, 0.4) is 0 Å². The standard InChI is InChI=1S/C40H31BF2N2/c1-26-13-19-29(20-14-26)35-25-36(30-21-15-27(2)16-22-30)44-38(35)37(31-9-5-4-6-10-31)40-34-12-8-7-11-33(34)39(45(40)41(42)43)32-23-17-28(3)18-24-32/h4-25H,1-3H3/b38-37-. The lowest BCUT2D eigenvalue weighted by molar-refractivity contribution is 0.630. The Bertz CT molecular complexity index is 2120. The maximum Gasteiger partial charge on any atom is 0.678 e. The van der Waals surface area contributed by atoms with Crippen LogP contribution in [0.1, 0.15) is 39.1 Å². The normalized spacial score (nSPS) is 14.0. The van der Waals surface area contributed by atoms with E-state index in [1.54, 1.807) is 0 Å². The average molecular weight is 589 g/mol. The second-order valence-electron chi connectivity index (χ2n) is 11.6. The maximum absolute atomic E-state index is 15.6. The lowest BCUT2D eigenvalue weighted by Gasteiger charge is -2.18. The van der Waals surface area contributed by atoms with Crippen LogP contribution in [-0.2, 0) is 0 Å². The summed E-state index contributed by atoms with van der Waals surface area (Å²) in [7, 11) is -2.79. The third-order valence-electron chi connectivity index (χ3n) is 8.45. The van der Waals surface area contributed by atoms with E-state index >= 15 is 8.63 Å². The van der Waals surface area contributed by atoms with Crippen molar-refractivity contribution in [1.82, 2.24) is 4.48 Å². The van der Waals surface area contributed by atoms with Gasteiger partial charge in [0, 0.05) is 33.2 Å². The lowest BCUT2D eigenvalue weighted by Crippen LogP contribution is -2.18. The molecule has 2 heterocycles. The number of fused-ring (bicyclic) bond motifs is 1. The Labute approximate surface area is 262 Å². The first kappa shape index (κ1) is 28.5. The monoisotopic (exact) mass is 588 g/mol. The third kappa shape index (κ3) is 5.25. The van der Waals surface area contributed by atoms with Crippen molar-refractivity contribution < 1.29 is 8.63 Å². The van der Waals surface area contributed by atoms with Gasteiger partial charge in [0.1, 0.15) is 0 Å². The molecule has 0 radical (unpaired) electrons. The molecule has 0 atom stereocenters. The number of benzene rings is 5. The van der Waals surface area contributed by atoms with Crippen molar-refractivity contribution in [3.63, 3.8) is 0 Å². The summed E-state index contributed by atoms with van der Waals surface area (Å²) in [6.45, 7) is 6.11. The van der Waals surface area contributed by atoms with Crippen LogP contribution in [0, 0.1) is 20.8 Å². The van der Waals surface area contributed by atoms with Crippen LogP contribution in [0.2, 0.25) is 0 Å². The third-order valence-corrected chi connectivity index (χ3v) is 8.45. The number of hydrogen-bond acceptors (Lipinski definition) is 1. The molecule has 1 aliphatic rings. The van der Waals surface area contributed by atoms with Crippen molar-refractivity contribution >= 4 is 35.0 Å². The molecule has 0 unspecified atom stereocenters. The molecular formula is C40H31BF2N2. The number of aliphatic imine (C=N–C) groups is 1. The maximum atomic E-state index is 15.6. The predicted molar refractivity (Wildman–Crippen MR) is 185 cm³/mol. The van der Waals surface area contributed by atoms with Crippen LogP contribution in [0.4, 0.5) is 8.63 Å². The summed E-state index contributed by atoms with van der Waals surface area (Å²) in [5.41, 5.74) is 10.9. The van der Waals surface area contributed by atoms with Crippen LogP contribution in [0.25, 0.3) is 33.2 Å². The van der Waals surface area contributed by atoms with E-state index in [0.717, 1.165) is 61.0 Å². The minimum absolute atomic E-state index is 0.448. The van der Waals surface area contributed by atoms with Gasteiger partial charge in [-0.25, -0.2) is 4.99 Å². The summed E-state index contributed by atoms with van der Waals surface area (Å²) in [6.07, 6.45) is 2.09. The number of nitrogens with zero attached hydrogens (tertiary/aromatic N) is 2. The highest BCUT2D eigenvalue weighted by Crippen LogP contribution is 2.45. The smallest absolute Gasteiger partial charge is 0.324 e. The summed E-state index contributed by atoms with van der Waals surface area (Å²) < 4.78 is 32.4. The molecule has 0 bridgehead atoms. The first-order valence-corrected chi connectivity index (χ1v) is 15.1. The molecule has 0 amide bonds. The topological polar surface area (TPSA) is 17.3 Å². The SMILES string of the molecule is Cc1ccc(C2=CC(c3ccc(C)cc3)=N/C2=C(/c2ccccc2)c2c3ccccc3c(-c3ccc(C)cc3)n2B(F)F)cc1. The van der Waals surface area contributed by atoms with Crippen molar-refractivity contribution in [2.75, 3.05) is 0 Å². The van der Waals surface area contributed by atoms with Crippen molar-refractivity contribution in [3.05, 3.63) is 178 Å². The highest BCUT2D eigenvalue weighted by atomic mass is 19.2. The first-order chi connectivity index (χ1) is 21.9. The summed E-state index contributed by atoms with van der Waals surface area (Å²) in [4.78, 5) is 5.27. The van der Waals surface area contributed by atoms with E-state index in [1.165, 1.54) is 4.48 Å². The molecule has 0 saturated heterocycles. The number of hydrogen-bond donors (Lipinski definition) is 0. The predicted octanol–water partition coefficient (Wildman–Crippen LogP) is 10.4. The fraction of sp³-hybridized carbons (Fsp3) is 0.0750. The minimum atomic E-state index is -2.79. The Hall–Kier alpha value is -5.29. The van der Waals surface area contributed by atoms with Crippen molar-refractivity contribution in [1.29, 1.82) is 0 Å². The number of aryl methyl sites for hydroxylation is 3. The van der Waals surface area contributed by atoms with Gasteiger partial charge in [0.25, 0.3) is 0 Å². The molecule has 45 heavy (non-hydrogen) atoms. The Morgan fingerprint density at radius 3 is 1.67 bits per heavy atom. The molecule has 2 nitrogen and oxygen atoms in total. The van der Waals surface area contributed by atoms with Crippen molar-refractivity contribution in [2.45, 2.75) is 20.8 Å². The van der Waals surface area contributed by atoms with Gasteiger partial charge in [0.2, 0.25) is 0 Å². The van der Waals surface area contributed by atoms with Crippen molar-refractivity contribution in [2.24, 2.45) is 4.99 Å². The zero-order valence-electron chi connectivity index (χ0n) is 25.4. The number of halogens is 2. The van der Waals surface area contributed by atoms with Gasteiger partial charge in [0.15, 0.2) is 0 Å². The van der Waals surface area contributed by atoms with Gasteiger partial charge < -0.3 is 4.48 Å². The van der Waals surface area contributed by atoms with Gasteiger partial charge in [-0.05, 0) is 43.5 Å². The number of aromatic nitrogens is 1. The molecule has 218 valence electrons. The van der Waals surface area contributed by atoms with E-state index in [2.05, 4.69) is 68.5 Å². The van der Waals surface area contributed by atoms with E-state index in [0.29, 0.717) is 22.7 Å². The van der Waals surface area contributed by atoms with E-state index in [4.69, 9.17) is 4.99 Å². The van der Waals surface area contributed by atoms with Crippen LogP contribution in [0.15, 0.2) is 144 Å². The largest absolute Gasteiger partial charge is 0.678 e. The van der Waals surface area contributed by atoms with Gasteiger partial charge in [0.05, 0.1) is 17.1 Å². The van der Waals surface area contributed by atoms with Gasteiger partial charge in [-0.15, -0.1) is 0 Å². The Morgan fingerprint density at radius 1 is 0.578 bits per heavy atom. The first-order valence-electron chi connectivity index (χ1n) is 15.1. The van der Waals surface area contributed by atoms with Crippen LogP contribution < -0.4 is 0 Å². The minimum Gasteiger partial charge on any atom is -0.324 e. The van der Waals surface area contributed by atoms with E-state index in [9.17, 15) is 0 Å². The van der Waals surface area contributed by atoms with Crippen LogP contribution in [-0.4, -0.2) is 17.6 Å². The Balaban J connectivity index is 1.62. The highest BCUT2D eigenvalue weighted by Gasteiger charge is 2.33. The fourth-order valence-corrected chi connectivity index (χ4v) is 6.15. The highest BCUT2D eigenvalue weighted by molar-refractivity contribution is 6.43.